The molecule has 0 fully saturated rings. The van der Waals surface area contributed by atoms with Crippen LogP contribution in [0.4, 0.5) is 0 Å². The number of hydrogen-bond donors (Lipinski definition) is 0. The molecule has 0 bridgehead atoms. The first-order valence-corrected chi connectivity index (χ1v) is 21.5. The summed E-state index contributed by atoms with van der Waals surface area (Å²) in [4.78, 5) is 0. The minimum Gasteiger partial charge on any atom is -0.377 e. The van der Waals surface area contributed by atoms with E-state index in [1.54, 1.807) is 85.3 Å². The molecule has 0 aliphatic rings. The van der Waals surface area contributed by atoms with E-state index in [2.05, 4.69) is 0 Å². The fraction of sp³-hybridized carbons (Fsp3) is 1.00. The zero-order valence-electron chi connectivity index (χ0n) is 27.4. The molecule has 0 unspecified atom stereocenters. The van der Waals surface area contributed by atoms with E-state index in [4.69, 9.17) is 53.1 Å². The van der Waals surface area contributed by atoms with Crippen molar-refractivity contribution in [2.45, 2.75) is 75.5 Å². The van der Waals surface area contributed by atoms with E-state index >= 15 is 0 Å². The highest BCUT2D eigenvalue weighted by atomic mass is 28.4. The maximum atomic E-state index is 5.39. The zero-order chi connectivity index (χ0) is 31.0. The predicted molar refractivity (Wildman–Crippen MR) is 163 cm³/mol. The molecule has 0 rings (SSSR count). The van der Waals surface area contributed by atoms with Gasteiger partial charge in [0.05, 0.1) is 0 Å². The normalized spacial score (nSPS) is 12.9. The van der Waals surface area contributed by atoms with Crippen LogP contribution in [0.2, 0.25) is 24.2 Å². The van der Waals surface area contributed by atoms with Crippen LogP contribution in [0.1, 0.15) is 51.4 Å². The average Bonchev–Trinajstić information content (AvgIpc) is 3.02. The quantitative estimate of drug-likeness (QED) is 0.0962. The Hall–Kier alpha value is 0.388. The van der Waals surface area contributed by atoms with Crippen molar-refractivity contribution in [3.63, 3.8) is 0 Å². The topological polar surface area (TPSA) is 111 Å². The smallest absolute Gasteiger partial charge is 0.377 e. The molecule has 0 aromatic carbocycles. The standard InChI is InChI=1S/2C12H30O6Si2/c2*1-13-19(14-2,15-3)11-9-7-8-10-12-20(16-4,17-5)18-6/h2*7-12H2,1-6H3. The van der Waals surface area contributed by atoms with E-state index in [0.29, 0.717) is 0 Å². The molecule has 0 spiro atoms. The van der Waals surface area contributed by atoms with Crippen molar-refractivity contribution >= 4 is 35.2 Å². The summed E-state index contributed by atoms with van der Waals surface area (Å²) >= 11 is 0. The van der Waals surface area contributed by atoms with Crippen LogP contribution >= 0.6 is 0 Å². The van der Waals surface area contributed by atoms with E-state index in [0.717, 1.165) is 75.5 Å². The Balaban J connectivity index is 0. The van der Waals surface area contributed by atoms with Gasteiger partial charge in [-0.3, -0.25) is 0 Å². The van der Waals surface area contributed by atoms with Gasteiger partial charge in [-0.2, -0.15) is 0 Å². The minimum absolute atomic E-state index is 0.845. The minimum atomic E-state index is -2.40. The number of rotatable bonds is 26. The van der Waals surface area contributed by atoms with Gasteiger partial charge < -0.3 is 53.1 Å². The van der Waals surface area contributed by atoms with Crippen LogP contribution < -0.4 is 0 Å². The summed E-state index contributed by atoms with van der Waals surface area (Å²) in [5.74, 6) is 0. The molecule has 40 heavy (non-hydrogen) atoms. The van der Waals surface area contributed by atoms with E-state index < -0.39 is 35.2 Å². The van der Waals surface area contributed by atoms with Crippen molar-refractivity contribution in [2.75, 3.05) is 85.3 Å². The third-order valence-corrected chi connectivity index (χ3v) is 18.5. The summed E-state index contributed by atoms with van der Waals surface area (Å²) in [6, 6.07) is 3.38. The largest absolute Gasteiger partial charge is 0.500 e. The van der Waals surface area contributed by atoms with Crippen molar-refractivity contribution in [1.29, 1.82) is 0 Å². The van der Waals surface area contributed by atoms with Crippen LogP contribution in [-0.2, 0) is 53.1 Å². The molecule has 0 radical (unpaired) electrons. The van der Waals surface area contributed by atoms with Gasteiger partial charge in [0, 0.05) is 109 Å². The monoisotopic (exact) mass is 652 g/mol. The molecular formula is C24H60O12Si4. The molecule has 0 aliphatic carbocycles. The van der Waals surface area contributed by atoms with Gasteiger partial charge in [-0.25, -0.2) is 0 Å². The first-order chi connectivity index (χ1) is 19.1. The highest BCUT2D eigenvalue weighted by Gasteiger charge is 2.39. The van der Waals surface area contributed by atoms with Crippen LogP contribution in [0.25, 0.3) is 0 Å². The van der Waals surface area contributed by atoms with E-state index in [9.17, 15) is 0 Å². The summed E-state index contributed by atoms with van der Waals surface area (Å²) in [6.07, 6.45) is 8.54. The fourth-order valence-electron chi connectivity index (χ4n) is 4.30. The third kappa shape index (κ3) is 15.7. The lowest BCUT2D eigenvalue weighted by Crippen LogP contribution is -2.42. The molecule has 0 atom stereocenters. The average molecular weight is 653 g/mol. The number of unbranched alkanes of at least 4 members (excludes halogenated alkanes) is 6. The Bertz CT molecular complexity index is 435. The maximum Gasteiger partial charge on any atom is 0.500 e. The Labute approximate surface area is 249 Å². The van der Waals surface area contributed by atoms with Gasteiger partial charge in [-0.1, -0.05) is 25.7 Å². The van der Waals surface area contributed by atoms with Crippen molar-refractivity contribution < 1.29 is 53.1 Å². The first kappa shape index (κ1) is 42.5. The van der Waals surface area contributed by atoms with Gasteiger partial charge in [0.2, 0.25) is 0 Å². The van der Waals surface area contributed by atoms with Gasteiger partial charge in [0.15, 0.2) is 0 Å². The molecule has 0 heterocycles. The zero-order valence-corrected chi connectivity index (χ0v) is 31.4. The molecule has 0 aromatic rings. The lowest BCUT2D eigenvalue weighted by Gasteiger charge is -2.25. The molecule has 0 saturated carbocycles. The SMILES string of the molecule is CO[Si](CCCCCC[Si](OC)(OC)OC)(OC)OC.CO[Si](CCCCCC[Si](OC)(OC)OC)(OC)OC. The lowest BCUT2D eigenvalue weighted by atomic mass is 10.2. The van der Waals surface area contributed by atoms with Gasteiger partial charge in [0.1, 0.15) is 0 Å². The van der Waals surface area contributed by atoms with Gasteiger partial charge in [-0.15, -0.1) is 0 Å². The van der Waals surface area contributed by atoms with Crippen LogP contribution in [0.3, 0.4) is 0 Å². The second-order valence-corrected chi connectivity index (χ2v) is 21.4. The van der Waals surface area contributed by atoms with Crippen molar-refractivity contribution in [2.24, 2.45) is 0 Å². The third-order valence-electron chi connectivity index (χ3n) is 7.16. The lowest BCUT2D eigenvalue weighted by molar-refractivity contribution is 0.121. The van der Waals surface area contributed by atoms with Crippen LogP contribution in [0.5, 0.6) is 0 Å². The molecule has 244 valence electrons. The van der Waals surface area contributed by atoms with Crippen molar-refractivity contribution in [3.8, 4) is 0 Å². The summed E-state index contributed by atoms with van der Waals surface area (Å²) < 4.78 is 64.7. The molecule has 0 saturated heterocycles. The van der Waals surface area contributed by atoms with E-state index in [-0.39, 0.29) is 0 Å². The van der Waals surface area contributed by atoms with Gasteiger partial charge >= 0.3 is 35.2 Å². The molecule has 0 amide bonds. The maximum absolute atomic E-state index is 5.39. The van der Waals surface area contributed by atoms with Gasteiger partial charge in [0.25, 0.3) is 0 Å². The second-order valence-electron chi connectivity index (χ2n) is 9.01. The highest BCUT2D eigenvalue weighted by molar-refractivity contribution is 6.61. The second kappa shape index (κ2) is 24.8. The van der Waals surface area contributed by atoms with Crippen LogP contribution in [0, 0.1) is 0 Å². The van der Waals surface area contributed by atoms with Crippen LogP contribution in [-0.4, -0.2) is 121 Å². The van der Waals surface area contributed by atoms with Crippen molar-refractivity contribution in [1.82, 2.24) is 0 Å². The van der Waals surface area contributed by atoms with Crippen molar-refractivity contribution in [3.05, 3.63) is 0 Å². The van der Waals surface area contributed by atoms with Crippen LogP contribution in [0.15, 0.2) is 0 Å². The van der Waals surface area contributed by atoms with Gasteiger partial charge in [-0.05, 0) is 25.7 Å². The summed E-state index contributed by atoms with van der Waals surface area (Å²) in [5, 5.41) is 0. The molecule has 16 heteroatoms. The Kier molecular flexibility index (Phi) is 26.4. The molecule has 0 N–H and O–H groups in total. The summed E-state index contributed by atoms with van der Waals surface area (Å²) in [7, 11) is 10.2. The Morgan fingerprint density at radius 3 is 0.450 bits per heavy atom. The number of hydrogen-bond acceptors (Lipinski definition) is 12. The van der Waals surface area contributed by atoms with E-state index in [1.165, 1.54) is 0 Å². The summed E-state index contributed by atoms with van der Waals surface area (Å²) in [5.41, 5.74) is 0. The molecule has 0 aromatic heterocycles. The molecule has 12 nitrogen and oxygen atoms in total. The predicted octanol–water partition coefficient (Wildman–Crippen LogP) is 4.61. The fourth-order valence-corrected chi connectivity index (χ4v) is 11.5. The molecular weight excluding hydrogens is 593 g/mol. The Morgan fingerprint density at radius 2 is 0.350 bits per heavy atom. The highest BCUT2D eigenvalue weighted by Crippen LogP contribution is 2.22. The Morgan fingerprint density at radius 1 is 0.225 bits per heavy atom. The first-order valence-electron chi connectivity index (χ1n) is 13.8. The summed E-state index contributed by atoms with van der Waals surface area (Å²) in [6.45, 7) is 0. The van der Waals surface area contributed by atoms with E-state index in [1.807, 2.05) is 0 Å². The molecule has 0 aliphatic heterocycles.